The van der Waals surface area contributed by atoms with Crippen LogP contribution >= 0.6 is 0 Å². The molecule has 1 saturated heterocycles. The highest BCUT2D eigenvalue weighted by atomic mass is 16.5. The lowest BCUT2D eigenvalue weighted by Crippen LogP contribution is -2.30. The molecular formula is C15H19N3O2. The first-order valence-electron chi connectivity index (χ1n) is 7.03. The maximum Gasteiger partial charge on any atom is 0.222 e. The zero-order chi connectivity index (χ0) is 14.4. The molecule has 5 heteroatoms. The van der Waals surface area contributed by atoms with Gasteiger partial charge in [0, 0.05) is 31.6 Å². The number of hydrogen-bond acceptors (Lipinski definition) is 4. The second kappa shape index (κ2) is 6.90. The molecule has 1 unspecified atom stereocenters. The summed E-state index contributed by atoms with van der Waals surface area (Å²) >= 11 is 0. The molecule has 1 aliphatic heterocycles. The fourth-order valence-electron chi connectivity index (χ4n) is 2.25. The largest absolute Gasteiger partial charge is 0.472 e. The molecule has 1 aromatic heterocycles. The van der Waals surface area contributed by atoms with E-state index in [1.54, 1.807) is 18.3 Å². The van der Waals surface area contributed by atoms with Gasteiger partial charge in [-0.3, -0.25) is 4.79 Å². The number of hydrogen-bond donors (Lipinski definition) is 0. The van der Waals surface area contributed by atoms with E-state index in [0.717, 1.165) is 25.8 Å². The summed E-state index contributed by atoms with van der Waals surface area (Å²) < 4.78 is 5.75. The van der Waals surface area contributed by atoms with Gasteiger partial charge in [0.2, 0.25) is 11.8 Å². The number of nitrogens with zero attached hydrogens (tertiary/aromatic N) is 3. The Labute approximate surface area is 119 Å². The average Bonchev–Trinajstić information content (AvgIpc) is 2.93. The Bertz CT molecular complexity index is 510. The predicted molar refractivity (Wildman–Crippen MR) is 74.1 cm³/mol. The fourth-order valence-corrected chi connectivity index (χ4v) is 2.25. The summed E-state index contributed by atoms with van der Waals surface area (Å²) in [4.78, 5) is 17.9. The number of aromatic nitrogens is 1. The first-order chi connectivity index (χ1) is 9.72. The van der Waals surface area contributed by atoms with Gasteiger partial charge in [-0.1, -0.05) is 13.3 Å². The molecule has 20 heavy (non-hydrogen) atoms. The molecule has 0 saturated carbocycles. The number of unbranched alkanes of at least 4 members (excludes halogenated alkanes) is 1. The van der Waals surface area contributed by atoms with Crippen molar-refractivity contribution in [3.63, 3.8) is 0 Å². The molecule has 0 aromatic carbocycles. The number of rotatable bonds is 5. The molecular weight excluding hydrogens is 254 g/mol. The lowest BCUT2D eigenvalue weighted by atomic mass is 10.2. The number of amides is 1. The van der Waals surface area contributed by atoms with Crippen molar-refractivity contribution in [3.8, 4) is 11.9 Å². The third-order valence-electron chi connectivity index (χ3n) is 3.39. The van der Waals surface area contributed by atoms with E-state index in [-0.39, 0.29) is 12.0 Å². The van der Waals surface area contributed by atoms with Crippen molar-refractivity contribution in [2.24, 2.45) is 0 Å². The number of nitriles is 1. The van der Waals surface area contributed by atoms with E-state index in [1.165, 1.54) is 0 Å². The Morgan fingerprint density at radius 3 is 3.25 bits per heavy atom. The van der Waals surface area contributed by atoms with Gasteiger partial charge in [0.05, 0.1) is 18.2 Å². The van der Waals surface area contributed by atoms with Crippen molar-refractivity contribution in [1.29, 1.82) is 5.26 Å². The molecule has 2 rings (SSSR count). The molecule has 0 spiro atoms. The van der Waals surface area contributed by atoms with E-state index >= 15 is 0 Å². The molecule has 1 fully saturated rings. The highest BCUT2D eigenvalue weighted by Gasteiger charge is 2.27. The molecule has 0 aliphatic carbocycles. The number of carbonyl (C=O) groups is 1. The third-order valence-corrected chi connectivity index (χ3v) is 3.39. The Balaban J connectivity index is 1.87. The van der Waals surface area contributed by atoms with Crippen molar-refractivity contribution in [2.75, 3.05) is 13.1 Å². The standard InChI is InChI=1S/C15H19N3O2/c1-2-3-4-15(19)18-8-6-13(11-18)20-14-9-12(10-16)5-7-17-14/h5,7,9,13H,2-4,6,8,11H2,1H3. The summed E-state index contributed by atoms with van der Waals surface area (Å²) in [5.74, 6) is 0.661. The van der Waals surface area contributed by atoms with Crippen molar-refractivity contribution in [3.05, 3.63) is 23.9 Å². The summed E-state index contributed by atoms with van der Waals surface area (Å²) in [6, 6.07) is 5.33. The minimum atomic E-state index is -0.0259. The number of ether oxygens (including phenoxy) is 1. The second-order valence-corrected chi connectivity index (χ2v) is 4.97. The monoisotopic (exact) mass is 273 g/mol. The smallest absolute Gasteiger partial charge is 0.222 e. The van der Waals surface area contributed by atoms with Crippen LogP contribution in [-0.4, -0.2) is 35.0 Å². The maximum atomic E-state index is 11.9. The lowest BCUT2D eigenvalue weighted by Gasteiger charge is -2.16. The van der Waals surface area contributed by atoms with Crippen LogP contribution in [0.1, 0.15) is 38.2 Å². The Kier molecular flexibility index (Phi) is 4.94. The molecule has 1 aromatic rings. The van der Waals surface area contributed by atoms with Gasteiger partial charge in [-0.25, -0.2) is 4.98 Å². The lowest BCUT2D eigenvalue weighted by molar-refractivity contribution is -0.130. The first kappa shape index (κ1) is 14.3. The van der Waals surface area contributed by atoms with Gasteiger partial charge in [0.1, 0.15) is 6.10 Å². The topological polar surface area (TPSA) is 66.2 Å². The minimum absolute atomic E-state index is 0.0259. The summed E-state index contributed by atoms with van der Waals surface area (Å²) in [5.41, 5.74) is 0.531. The van der Waals surface area contributed by atoms with Crippen molar-refractivity contribution >= 4 is 5.91 Å². The van der Waals surface area contributed by atoms with Crippen LogP contribution in [0.15, 0.2) is 18.3 Å². The van der Waals surface area contributed by atoms with Crippen LogP contribution < -0.4 is 4.74 Å². The van der Waals surface area contributed by atoms with E-state index in [1.807, 2.05) is 4.90 Å². The van der Waals surface area contributed by atoms with Gasteiger partial charge in [-0.05, 0) is 12.5 Å². The van der Waals surface area contributed by atoms with Crippen LogP contribution in [0.5, 0.6) is 5.88 Å². The molecule has 1 aliphatic rings. The highest BCUT2D eigenvalue weighted by molar-refractivity contribution is 5.76. The van der Waals surface area contributed by atoms with E-state index in [0.29, 0.717) is 24.4 Å². The van der Waals surface area contributed by atoms with E-state index in [4.69, 9.17) is 10.00 Å². The molecule has 1 amide bonds. The van der Waals surface area contributed by atoms with E-state index in [9.17, 15) is 4.79 Å². The van der Waals surface area contributed by atoms with Gasteiger partial charge < -0.3 is 9.64 Å². The minimum Gasteiger partial charge on any atom is -0.472 e. The first-order valence-corrected chi connectivity index (χ1v) is 7.03. The number of likely N-dealkylation sites (tertiary alicyclic amines) is 1. The molecule has 106 valence electrons. The Morgan fingerprint density at radius 2 is 2.50 bits per heavy atom. The van der Waals surface area contributed by atoms with Gasteiger partial charge in [-0.2, -0.15) is 5.26 Å². The Morgan fingerprint density at radius 1 is 1.65 bits per heavy atom. The van der Waals surface area contributed by atoms with E-state index < -0.39 is 0 Å². The van der Waals surface area contributed by atoms with Gasteiger partial charge in [0.15, 0.2) is 0 Å². The third kappa shape index (κ3) is 3.70. The van der Waals surface area contributed by atoms with Crippen LogP contribution in [0.4, 0.5) is 0 Å². The van der Waals surface area contributed by atoms with Crippen LogP contribution in [-0.2, 0) is 4.79 Å². The molecule has 2 heterocycles. The Hall–Kier alpha value is -2.09. The molecule has 0 radical (unpaired) electrons. The number of pyridine rings is 1. The molecule has 5 nitrogen and oxygen atoms in total. The summed E-state index contributed by atoms with van der Waals surface area (Å²) in [7, 11) is 0. The van der Waals surface area contributed by atoms with Crippen LogP contribution in [0.25, 0.3) is 0 Å². The van der Waals surface area contributed by atoms with Crippen LogP contribution in [0, 0.1) is 11.3 Å². The SMILES string of the molecule is CCCCC(=O)N1CCC(Oc2cc(C#N)ccn2)C1. The van der Waals surface area contributed by atoms with Gasteiger partial charge in [0.25, 0.3) is 0 Å². The molecule has 0 bridgehead atoms. The van der Waals surface area contributed by atoms with Crippen molar-refractivity contribution in [2.45, 2.75) is 38.7 Å². The highest BCUT2D eigenvalue weighted by Crippen LogP contribution is 2.18. The van der Waals surface area contributed by atoms with Gasteiger partial charge in [-0.15, -0.1) is 0 Å². The predicted octanol–water partition coefficient (Wildman–Crippen LogP) is 2.12. The quantitative estimate of drug-likeness (QED) is 0.824. The second-order valence-electron chi connectivity index (χ2n) is 4.97. The molecule has 0 N–H and O–H groups in total. The zero-order valence-electron chi connectivity index (χ0n) is 11.7. The summed E-state index contributed by atoms with van der Waals surface area (Å²) in [6.07, 6.45) is 4.94. The zero-order valence-corrected chi connectivity index (χ0v) is 11.7. The molecule has 1 atom stereocenters. The van der Waals surface area contributed by atoms with Crippen LogP contribution in [0.3, 0.4) is 0 Å². The van der Waals surface area contributed by atoms with Crippen LogP contribution in [0.2, 0.25) is 0 Å². The van der Waals surface area contributed by atoms with Crippen molar-refractivity contribution in [1.82, 2.24) is 9.88 Å². The maximum absolute atomic E-state index is 11.9. The normalized spacial score (nSPS) is 17.8. The van der Waals surface area contributed by atoms with E-state index in [2.05, 4.69) is 18.0 Å². The average molecular weight is 273 g/mol. The summed E-state index contributed by atoms with van der Waals surface area (Å²) in [5, 5.41) is 8.83. The van der Waals surface area contributed by atoms with Crippen molar-refractivity contribution < 1.29 is 9.53 Å². The fraction of sp³-hybridized carbons (Fsp3) is 0.533. The number of carbonyl (C=O) groups excluding carboxylic acids is 1. The van der Waals surface area contributed by atoms with Gasteiger partial charge >= 0.3 is 0 Å². The summed E-state index contributed by atoms with van der Waals surface area (Å²) in [6.45, 7) is 3.43.